The fraction of sp³-hybridized carbons (Fsp3) is 0.900. The maximum absolute atomic E-state index is 11.3. The number of sulfone groups is 1. The van der Waals surface area contributed by atoms with Crippen LogP contribution in [0.1, 0.15) is 27.2 Å². The van der Waals surface area contributed by atoms with Gasteiger partial charge in [-0.25, -0.2) is 8.42 Å². The van der Waals surface area contributed by atoms with Crippen LogP contribution in [0, 0.1) is 0 Å². The van der Waals surface area contributed by atoms with Crippen LogP contribution in [-0.4, -0.2) is 45.0 Å². The molecule has 0 heterocycles. The molecule has 0 aromatic heterocycles. The molecule has 0 saturated carbocycles. The number of hydrogen-bond donors (Lipinski definition) is 2. The number of hydrogen-bond acceptors (Lipinski definition) is 4. The average molecular weight is 250 g/mol. The largest absolute Gasteiger partial charge is 0.355 e. The fourth-order valence-corrected chi connectivity index (χ4v) is 1.75. The van der Waals surface area contributed by atoms with Gasteiger partial charge in [0.1, 0.15) is 0 Å². The minimum Gasteiger partial charge on any atom is -0.355 e. The van der Waals surface area contributed by atoms with Crippen molar-refractivity contribution in [1.29, 1.82) is 0 Å². The second kappa shape index (κ2) is 7.62. The molecule has 0 aliphatic carbocycles. The number of carbonyl (C=O) groups excluding carboxylic acids is 1. The zero-order valence-corrected chi connectivity index (χ0v) is 11.1. The highest BCUT2D eigenvalue weighted by molar-refractivity contribution is 7.91. The summed E-state index contributed by atoms with van der Waals surface area (Å²) in [4.78, 5) is 11.3. The summed E-state index contributed by atoms with van der Waals surface area (Å²) >= 11 is 0. The molecule has 0 bridgehead atoms. The van der Waals surface area contributed by atoms with Crippen LogP contribution in [0.5, 0.6) is 0 Å². The topological polar surface area (TPSA) is 75.3 Å². The molecule has 96 valence electrons. The standard InChI is InChI=1S/C10H22N2O3S/c1-4-16(14,15)8-7-12-10(13)5-6-11-9(2)3/h9,11H,4-8H2,1-3H3,(H,12,13). The quantitative estimate of drug-likeness (QED) is 0.632. The number of amides is 1. The summed E-state index contributed by atoms with van der Waals surface area (Å²) in [5.41, 5.74) is 0. The van der Waals surface area contributed by atoms with Crippen molar-refractivity contribution in [2.24, 2.45) is 0 Å². The minimum absolute atomic E-state index is 0.0207. The second-order valence-corrected chi connectivity index (χ2v) is 6.42. The van der Waals surface area contributed by atoms with E-state index in [1.807, 2.05) is 13.8 Å². The lowest BCUT2D eigenvalue weighted by molar-refractivity contribution is -0.120. The van der Waals surface area contributed by atoms with Crippen LogP contribution in [0.15, 0.2) is 0 Å². The third-order valence-corrected chi connectivity index (χ3v) is 3.79. The predicted octanol–water partition coefficient (Wildman–Crippen LogP) is -0.0746. The number of carbonyl (C=O) groups is 1. The van der Waals surface area contributed by atoms with E-state index in [2.05, 4.69) is 10.6 Å². The fourth-order valence-electron chi connectivity index (χ4n) is 1.05. The molecule has 0 fully saturated rings. The highest BCUT2D eigenvalue weighted by Gasteiger charge is 2.08. The van der Waals surface area contributed by atoms with Crippen LogP contribution in [-0.2, 0) is 14.6 Å². The molecule has 16 heavy (non-hydrogen) atoms. The maximum Gasteiger partial charge on any atom is 0.221 e. The van der Waals surface area contributed by atoms with Gasteiger partial charge in [-0.15, -0.1) is 0 Å². The molecule has 0 rings (SSSR count). The van der Waals surface area contributed by atoms with Gasteiger partial charge in [0.15, 0.2) is 9.84 Å². The van der Waals surface area contributed by atoms with Gasteiger partial charge in [0.2, 0.25) is 5.91 Å². The predicted molar refractivity (Wildman–Crippen MR) is 65.1 cm³/mol. The van der Waals surface area contributed by atoms with Crippen molar-refractivity contribution in [3.05, 3.63) is 0 Å². The molecule has 0 radical (unpaired) electrons. The molecule has 0 spiro atoms. The first-order valence-electron chi connectivity index (χ1n) is 5.58. The molecule has 0 aliphatic rings. The lowest BCUT2D eigenvalue weighted by Crippen LogP contribution is -2.33. The molecule has 0 saturated heterocycles. The van der Waals surface area contributed by atoms with Crippen molar-refractivity contribution in [3.8, 4) is 0 Å². The minimum atomic E-state index is -2.98. The molecular formula is C10H22N2O3S. The van der Waals surface area contributed by atoms with E-state index in [4.69, 9.17) is 0 Å². The Hall–Kier alpha value is -0.620. The first kappa shape index (κ1) is 15.4. The lowest BCUT2D eigenvalue weighted by Gasteiger charge is -2.08. The van der Waals surface area contributed by atoms with Crippen LogP contribution in [0.25, 0.3) is 0 Å². The summed E-state index contributed by atoms with van der Waals surface area (Å²) in [5, 5.41) is 5.70. The van der Waals surface area contributed by atoms with Crippen molar-refractivity contribution in [2.45, 2.75) is 33.2 Å². The highest BCUT2D eigenvalue weighted by Crippen LogP contribution is 1.87. The summed E-state index contributed by atoms with van der Waals surface area (Å²) < 4.78 is 22.2. The van der Waals surface area contributed by atoms with Gasteiger partial charge < -0.3 is 10.6 Å². The molecule has 6 heteroatoms. The van der Waals surface area contributed by atoms with E-state index < -0.39 is 9.84 Å². The first-order chi connectivity index (χ1) is 7.37. The molecule has 0 aromatic carbocycles. The van der Waals surface area contributed by atoms with E-state index >= 15 is 0 Å². The van der Waals surface area contributed by atoms with Gasteiger partial charge in [0.25, 0.3) is 0 Å². The zero-order chi connectivity index (χ0) is 12.6. The second-order valence-electron chi connectivity index (χ2n) is 3.95. The SMILES string of the molecule is CCS(=O)(=O)CCNC(=O)CCNC(C)C. The van der Waals surface area contributed by atoms with E-state index in [0.29, 0.717) is 19.0 Å². The van der Waals surface area contributed by atoms with Crippen molar-refractivity contribution < 1.29 is 13.2 Å². The van der Waals surface area contributed by atoms with Crippen LogP contribution in [0.4, 0.5) is 0 Å². The van der Waals surface area contributed by atoms with Crippen molar-refractivity contribution in [2.75, 3.05) is 24.6 Å². The molecule has 0 atom stereocenters. The first-order valence-corrected chi connectivity index (χ1v) is 7.40. The molecule has 2 N–H and O–H groups in total. The van der Waals surface area contributed by atoms with Crippen LogP contribution < -0.4 is 10.6 Å². The Bertz CT molecular complexity index is 299. The average Bonchev–Trinajstić information content (AvgIpc) is 2.17. The van der Waals surface area contributed by atoms with E-state index in [0.717, 1.165) is 0 Å². The van der Waals surface area contributed by atoms with Crippen LogP contribution in [0.3, 0.4) is 0 Å². The molecular weight excluding hydrogens is 228 g/mol. The lowest BCUT2D eigenvalue weighted by atomic mass is 10.3. The summed E-state index contributed by atoms with van der Waals surface area (Å²) in [6, 6.07) is 0.355. The van der Waals surface area contributed by atoms with Gasteiger partial charge in [0, 0.05) is 31.3 Å². The molecule has 0 aromatic rings. The molecule has 0 aliphatic heterocycles. The summed E-state index contributed by atoms with van der Waals surface area (Å²) in [5.74, 6) is 0.0319. The Kier molecular flexibility index (Phi) is 7.33. The summed E-state index contributed by atoms with van der Waals surface area (Å²) in [6.45, 7) is 6.43. The van der Waals surface area contributed by atoms with E-state index in [1.54, 1.807) is 6.92 Å². The van der Waals surface area contributed by atoms with Crippen molar-refractivity contribution >= 4 is 15.7 Å². The summed E-state index contributed by atoms with van der Waals surface area (Å²) in [7, 11) is -2.98. The number of rotatable bonds is 8. The Balaban J connectivity index is 3.59. The van der Waals surface area contributed by atoms with E-state index in [9.17, 15) is 13.2 Å². The monoisotopic (exact) mass is 250 g/mol. The van der Waals surface area contributed by atoms with Crippen molar-refractivity contribution in [1.82, 2.24) is 10.6 Å². The Morgan fingerprint density at radius 2 is 1.88 bits per heavy atom. The number of nitrogens with one attached hydrogen (secondary N) is 2. The normalized spacial score (nSPS) is 11.8. The van der Waals surface area contributed by atoms with Gasteiger partial charge >= 0.3 is 0 Å². The smallest absolute Gasteiger partial charge is 0.221 e. The van der Waals surface area contributed by atoms with Crippen molar-refractivity contribution in [3.63, 3.8) is 0 Å². The summed E-state index contributed by atoms with van der Waals surface area (Å²) in [6.07, 6.45) is 0.379. The molecule has 5 nitrogen and oxygen atoms in total. The zero-order valence-electron chi connectivity index (χ0n) is 10.2. The van der Waals surface area contributed by atoms with Gasteiger partial charge in [-0.3, -0.25) is 4.79 Å². The third kappa shape index (κ3) is 8.67. The van der Waals surface area contributed by atoms with Gasteiger partial charge in [0.05, 0.1) is 5.75 Å². The van der Waals surface area contributed by atoms with Crippen LogP contribution >= 0.6 is 0 Å². The Labute approximate surface area is 97.9 Å². The van der Waals surface area contributed by atoms with Crippen LogP contribution in [0.2, 0.25) is 0 Å². The van der Waals surface area contributed by atoms with Gasteiger partial charge in [-0.2, -0.15) is 0 Å². The van der Waals surface area contributed by atoms with E-state index in [-0.39, 0.29) is 24.0 Å². The Morgan fingerprint density at radius 1 is 1.25 bits per heavy atom. The van der Waals surface area contributed by atoms with Gasteiger partial charge in [-0.1, -0.05) is 20.8 Å². The molecule has 1 amide bonds. The van der Waals surface area contributed by atoms with E-state index in [1.165, 1.54) is 0 Å². The third-order valence-electron chi connectivity index (χ3n) is 2.08. The highest BCUT2D eigenvalue weighted by atomic mass is 32.2. The van der Waals surface area contributed by atoms with Gasteiger partial charge in [-0.05, 0) is 0 Å². The maximum atomic E-state index is 11.3. The Morgan fingerprint density at radius 3 is 2.38 bits per heavy atom. The molecule has 0 unspecified atom stereocenters.